The lowest BCUT2D eigenvalue weighted by Gasteiger charge is -2.31. The fourth-order valence-corrected chi connectivity index (χ4v) is 8.97. The molecular weight excluding hydrogens is 725 g/mol. The molecule has 0 aliphatic carbocycles. The average molecular weight is 765 g/mol. The monoisotopic (exact) mass is 764 g/mol. The third-order valence-corrected chi connectivity index (χ3v) is 11.8. The van der Waals surface area contributed by atoms with Crippen molar-refractivity contribution in [2.24, 2.45) is 0 Å². The van der Waals surface area contributed by atoms with Crippen molar-refractivity contribution >= 4 is 49.6 Å². The van der Waals surface area contributed by atoms with E-state index in [1.165, 1.54) is 66.0 Å². The number of hydrogen-bond donors (Lipinski definition) is 0. The second-order valence-electron chi connectivity index (χ2n) is 15.3. The van der Waals surface area contributed by atoms with Crippen LogP contribution in [0.15, 0.2) is 243 Å². The van der Waals surface area contributed by atoms with Crippen LogP contribution in [0.1, 0.15) is 0 Å². The van der Waals surface area contributed by atoms with Crippen LogP contribution in [0.2, 0.25) is 0 Å². The molecule has 0 aliphatic heterocycles. The Bertz CT molecular complexity index is 3270. The Hall–Kier alpha value is -7.94. The summed E-state index contributed by atoms with van der Waals surface area (Å²) in [5.41, 5.74) is 16.2. The van der Waals surface area contributed by atoms with E-state index in [1.54, 1.807) is 0 Å². The van der Waals surface area contributed by atoms with E-state index in [-0.39, 0.29) is 0 Å². The second-order valence-corrected chi connectivity index (χ2v) is 15.3. The second kappa shape index (κ2) is 15.1. The molecule has 0 fully saturated rings. The minimum Gasteiger partial charge on any atom is -0.309 e. The molecular formula is C58H40N2. The number of rotatable bonds is 8. The first-order valence-corrected chi connectivity index (χ1v) is 20.6. The van der Waals surface area contributed by atoms with Gasteiger partial charge in [0.25, 0.3) is 0 Å². The summed E-state index contributed by atoms with van der Waals surface area (Å²) in [5.74, 6) is 0. The van der Waals surface area contributed by atoms with Crippen LogP contribution in [0.25, 0.3) is 82.8 Å². The first kappa shape index (κ1) is 35.2. The molecule has 0 N–H and O–H groups in total. The maximum atomic E-state index is 2.45. The van der Waals surface area contributed by atoms with Crippen LogP contribution in [0, 0.1) is 0 Å². The van der Waals surface area contributed by atoms with Gasteiger partial charge in [0.1, 0.15) is 0 Å². The normalized spacial score (nSPS) is 11.3. The van der Waals surface area contributed by atoms with Crippen LogP contribution >= 0.6 is 0 Å². The molecule has 2 nitrogen and oxygen atoms in total. The predicted octanol–water partition coefficient (Wildman–Crippen LogP) is 16.1. The number of aromatic nitrogens is 1. The largest absolute Gasteiger partial charge is 0.309 e. The number of anilines is 3. The molecule has 10 aromatic carbocycles. The van der Waals surface area contributed by atoms with Crippen LogP contribution < -0.4 is 4.90 Å². The number of benzene rings is 10. The van der Waals surface area contributed by atoms with E-state index in [0.29, 0.717) is 0 Å². The predicted molar refractivity (Wildman–Crippen MR) is 255 cm³/mol. The van der Waals surface area contributed by atoms with Gasteiger partial charge >= 0.3 is 0 Å². The van der Waals surface area contributed by atoms with E-state index in [0.717, 1.165) is 33.9 Å². The van der Waals surface area contributed by atoms with E-state index >= 15 is 0 Å². The number of fused-ring (bicyclic) bond motifs is 4. The molecule has 2 heteroatoms. The minimum absolute atomic E-state index is 1.08. The lowest BCUT2D eigenvalue weighted by Crippen LogP contribution is -2.13. The van der Waals surface area contributed by atoms with Crippen LogP contribution in [-0.4, -0.2) is 4.57 Å². The van der Waals surface area contributed by atoms with Crippen LogP contribution in [0.4, 0.5) is 17.1 Å². The highest BCUT2D eigenvalue weighted by Crippen LogP contribution is 2.48. The molecule has 0 bridgehead atoms. The van der Waals surface area contributed by atoms with Crippen LogP contribution in [0.3, 0.4) is 0 Å². The smallest absolute Gasteiger partial charge is 0.0547 e. The molecule has 11 rings (SSSR count). The number of nitrogens with zero attached hydrogens (tertiary/aromatic N) is 2. The van der Waals surface area contributed by atoms with Gasteiger partial charge in [0.2, 0.25) is 0 Å². The topological polar surface area (TPSA) is 8.17 Å². The van der Waals surface area contributed by atoms with Gasteiger partial charge in [-0.25, -0.2) is 0 Å². The third-order valence-electron chi connectivity index (χ3n) is 11.8. The van der Waals surface area contributed by atoms with E-state index < -0.39 is 0 Å². The lowest BCUT2D eigenvalue weighted by molar-refractivity contribution is 1.18. The van der Waals surface area contributed by atoms with Crippen molar-refractivity contribution in [2.75, 3.05) is 4.90 Å². The van der Waals surface area contributed by atoms with Gasteiger partial charge in [-0.3, -0.25) is 0 Å². The Kier molecular flexibility index (Phi) is 8.87. The standard InChI is InChI=1S/C58H40N2/c1-4-17-41(18-5-1)42-31-35-48(36-32-42)59(54-28-14-12-25-50(54)43-19-6-2-7-20-43)56-30-16-27-51(44-21-8-3-9-22-44)58(56)45-33-37-49(38-34-45)60-55-29-15-13-26-52(55)53-39-46-23-10-11-24-47(46)40-57(53)60/h1-40H. The van der Waals surface area contributed by atoms with Gasteiger partial charge in [-0.15, -0.1) is 0 Å². The molecule has 0 radical (unpaired) electrons. The lowest BCUT2D eigenvalue weighted by atomic mass is 9.91. The van der Waals surface area contributed by atoms with Crippen molar-refractivity contribution in [3.8, 4) is 50.2 Å². The minimum atomic E-state index is 1.08. The summed E-state index contributed by atoms with van der Waals surface area (Å²) in [6, 6.07) is 87.9. The SMILES string of the molecule is c1ccc(-c2ccc(N(c3ccccc3-c3ccccc3)c3cccc(-c4ccccc4)c3-c3ccc(-n4c5ccccc5c5cc6ccccc6cc54)cc3)cc2)cc1. The molecule has 11 aromatic rings. The molecule has 1 heterocycles. The quantitative estimate of drug-likeness (QED) is 0.150. The maximum Gasteiger partial charge on any atom is 0.0547 e. The number of para-hydroxylation sites is 2. The highest BCUT2D eigenvalue weighted by molar-refractivity contribution is 6.13. The van der Waals surface area contributed by atoms with Crippen molar-refractivity contribution in [1.29, 1.82) is 0 Å². The molecule has 0 amide bonds. The maximum absolute atomic E-state index is 2.45. The van der Waals surface area contributed by atoms with Gasteiger partial charge in [0.15, 0.2) is 0 Å². The zero-order valence-corrected chi connectivity index (χ0v) is 33.0. The summed E-state index contributed by atoms with van der Waals surface area (Å²) in [7, 11) is 0. The zero-order chi connectivity index (χ0) is 39.8. The Morgan fingerprint density at radius 3 is 1.53 bits per heavy atom. The Labute approximate surface area is 350 Å². The Balaban J connectivity index is 1.13. The van der Waals surface area contributed by atoms with Crippen molar-refractivity contribution in [3.63, 3.8) is 0 Å². The van der Waals surface area contributed by atoms with Crippen molar-refractivity contribution in [3.05, 3.63) is 243 Å². The third kappa shape index (κ3) is 6.23. The van der Waals surface area contributed by atoms with Crippen LogP contribution in [0.5, 0.6) is 0 Å². The van der Waals surface area contributed by atoms with E-state index in [4.69, 9.17) is 0 Å². The van der Waals surface area contributed by atoms with E-state index in [1.807, 2.05) is 0 Å². The van der Waals surface area contributed by atoms with Crippen LogP contribution in [-0.2, 0) is 0 Å². The average Bonchev–Trinajstić information content (AvgIpc) is 3.65. The van der Waals surface area contributed by atoms with Gasteiger partial charge in [0.05, 0.1) is 22.4 Å². The Morgan fingerprint density at radius 1 is 0.300 bits per heavy atom. The highest BCUT2D eigenvalue weighted by atomic mass is 15.1. The summed E-state index contributed by atoms with van der Waals surface area (Å²) < 4.78 is 2.42. The summed E-state index contributed by atoms with van der Waals surface area (Å²) in [4.78, 5) is 2.45. The first-order valence-electron chi connectivity index (χ1n) is 20.6. The molecule has 1 aromatic heterocycles. The molecule has 0 aliphatic rings. The summed E-state index contributed by atoms with van der Waals surface area (Å²) in [5, 5.41) is 5.00. The van der Waals surface area contributed by atoms with Gasteiger partial charge in [-0.2, -0.15) is 0 Å². The van der Waals surface area contributed by atoms with Gasteiger partial charge < -0.3 is 9.47 Å². The van der Waals surface area contributed by atoms with E-state index in [2.05, 4.69) is 252 Å². The molecule has 282 valence electrons. The van der Waals surface area contributed by atoms with Crippen molar-refractivity contribution < 1.29 is 0 Å². The van der Waals surface area contributed by atoms with Crippen molar-refractivity contribution in [1.82, 2.24) is 4.57 Å². The highest BCUT2D eigenvalue weighted by Gasteiger charge is 2.23. The van der Waals surface area contributed by atoms with E-state index in [9.17, 15) is 0 Å². The molecule has 0 atom stereocenters. The fourth-order valence-electron chi connectivity index (χ4n) is 8.97. The molecule has 60 heavy (non-hydrogen) atoms. The van der Waals surface area contributed by atoms with Gasteiger partial charge in [0, 0.05) is 33.3 Å². The molecule has 0 spiro atoms. The fraction of sp³-hybridized carbons (Fsp3) is 0. The summed E-state index contributed by atoms with van der Waals surface area (Å²) in [6.07, 6.45) is 0. The molecule has 0 unspecified atom stereocenters. The van der Waals surface area contributed by atoms with Crippen molar-refractivity contribution in [2.45, 2.75) is 0 Å². The van der Waals surface area contributed by atoms with Gasteiger partial charge in [-0.05, 0) is 98.8 Å². The number of hydrogen-bond acceptors (Lipinski definition) is 1. The summed E-state index contributed by atoms with van der Waals surface area (Å²) in [6.45, 7) is 0. The molecule has 0 saturated carbocycles. The van der Waals surface area contributed by atoms with Gasteiger partial charge in [-0.1, -0.05) is 188 Å². The molecule has 0 saturated heterocycles. The zero-order valence-electron chi connectivity index (χ0n) is 33.0. The summed E-state index contributed by atoms with van der Waals surface area (Å²) >= 11 is 0. The Morgan fingerprint density at radius 2 is 0.817 bits per heavy atom. The first-order chi connectivity index (χ1) is 29.8.